The third kappa shape index (κ3) is 8.74. The normalized spacial score (nSPS) is 18.9. The number of thiazole rings is 1. The number of alkyl halides is 2. The van der Waals surface area contributed by atoms with E-state index in [-0.39, 0.29) is 38.1 Å². The highest BCUT2D eigenvalue weighted by Gasteiger charge is 2.45. The fourth-order valence-electron chi connectivity index (χ4n) is 3.90. The Labute approximate surface area is 227 Å². The van der Waals surface area contributed by atoms with Crippen LogP contribution in [0.2, 0.25) is 10.0 Å². The number of benzene rings is 1. The zero-order valence-electron chi connectivity index (χ0n) is 19.9. The van der Waals surface area contributed by atoms with Crippen molar-refractivity contribution in [2.45, 2.75) is 38.2 Å². The third-order valence-electron chi connectivity index (χ3n) is 5.51. The van der Waals surface area contributed by atoms with Crippen molar-refractivity contribution in [2.24, 2.45) is 4.99 Å². The minimum absolute atomic E-state index is 0.0401. The summed E-state index contributed by atoms with van der Waals surface area (Å²) in [5, 5.41) is 15.7. The molecule has 1 aromatic carbocycles. The second-order valence-electron chi connectivity index (χ2n) is 8.30. The van der Waals surface area contributed by atoms with E-state index in [1.54, 1.807) is 36.7 Å². The fraction of sp³-hybridized carbons (Fsp3) is 0.417. The number of hydrogen-bond donors (Lipinski definition) is 2. The van der Waals surface area contributed by atoms with Gasteiger partial charge in [0.2, 0.25) is 0 Å². The van der Waals surface area contributed by atoms with Gasteiger partial charge in [0.25, 0.3) is 5.92 Å². The molecule has 2 N–H and O–H groups in total. The first-order valence-electron chi connectivity index (χ1n) is 11.4. The van der Waals surface area contributed by atoms with Crippen LogP contribution in [0, 0.1) is 0 Å². The highest BCUT2D eigenvalue weighted by molar-refractivity contribution is 7.11. The monoisotopic (exact) mass is 574 g/mol. The topological polar surface area (TPSA) is 104 Å². The molecule has 1 fully saturated rings. The Balaban J connectivity index is 0.000000405. The first kappa shape index (κ1) is 29.0. The maximum absolute atomic E-state index is 14.1. The molecule has 2 aliphatic rings. The molecular formula is C24H26Cl2F2N4O4S. The van der Waals surface area contributed by atoms with E-state index in [1.165, 1.54) is 16.2 Å². The summed E-state index contributed by atoms with van der Waals surface area (Å²) in [5.41, 5.74) is 0.709. The summed E-state index contributed by atoms with van der Waals surface area (Å²) in [5.74, 6) is -4.02. The van der Waals surface area contributed by atoms with Crippen molar-refractivity contribution in [3.63, 3.8) is 0 Å². The van der Waals surface area contributed by atoms with Crippen LogP contribution in [-0.2, 0) is 14.3 Å². The van der Waals surface area contributed by atoms with Crippen LogP contribution in [0.1, 0.15) is 31.2 Å². The van der Waals surface area contributed by atoms with Crippen LogP contribution in [0.4, 0.5) is 8.78 Å². The molecule has 0 radical (unpaired) electrons. The molecule has 3 heterocycles. The van der Waals surface area contributed by atoms with Crippen LogP contribution in [-0.4, -0.2) is 71.0 Å². The van der Waals surface area contributed by atoms with E-state index in [1.807, 2.05) is 6.07 Å². The number of halogens is 4. The lowest BCUT2D eigenvalue weighted by Gasteiger charge is -2.28. The van der Waals surface area contributed by atoms with Crippen molar-refractivity contribution in [3.05, 3.63) is 62.2 Å². The van der Waals surface area contributed by atoms with Gasteiger partial charge >= 0.3 is 11.9 Å². The molecule has 0 spiro atoms. The van der Waals surface area contributed by atoms with Gasteiger partial charge in [-0.2, -0.15) is 0 Å². The van der Waals surface area contributed by atoms with Crippen molar-refractivity contribution >= 4 is 52.3 Å². The zero-order valence-corrected chi connectivity index (χ0v) is 22.3. The van der Waals surface area contributed by atoms with Crippen LogP contribution >= 0.6 is 34.5 Å². The van der Waals surface area contributed by atoms with Gasteiger partial charge in [-0.15, -0.1) is 11.3 Å². The van der Waals surface area contributed by atoms with E-state index in [4.69, 9.17) is 33.0 Å². The maximum atomic E-state index is 14.1. The van der Waals surface area contributed by atoms with Crippen LogP contribution in [0.15, 0.2) is 52.1 Å². The molecule has 37 heavy (non-hydrogen) atoms. The number of carbonyl (C=O) groups excluding carboxylic acids is 1. The SMILES string of the molecule is CCOC(=O)C1=C(CN2CC(F)(F)CC2CCC(=O)O)NC(c2nccs2)=NC1.Clc1cccc(Cl)c1. The third-order valence-corrected chi connectivity index (χ3v) is 6.76. The number of rotatable bonds is 8. The number of aliphatic imine (C=N–C) groups is 1. The molecule has 0 bridgehead atoms. The van der Waals surface area contributed by atoms with Gasteiger partial charge in [0.05, 0.1) is 25.3 Å². The summed E-state index contributed by atoms with van der Waals surface area (Å²) in [6, 6.07) is 6.48. The van der Waals surface area contributed by atoms with E-state index in [9.17, 15) is 18.4 Å². The summed E-state index contributed by atoms with van der Waals surface area (Å²) < 4.78 is 33.2. The van der Waals surface area contributed by atoms with Crippen molar-refractivity contribution < 1.29 is 28.2 Å². The smallest absolute Gasteiger partial charge is 0.337 e. The van der Waals surface area contributed by atoms with E-state index in [0.717, 1.165) is 0 Å². The van der Waals surface area contributed by atoms with Gasteiger partial charge in [-0.1, -0.05) is 29.3 Å². The molecule has 0 saturated carbocycles. The van der Waals surface area contributed by atoms with Crippen LogP contribution in [0.25, 0.3) is 0 Å². The average Bonchev–Trinajstić information content (AvgIpc) is 3.46. The highest BCUT2D eigenvalue weighted by atomic mass is 35.5. The van der Waals surface area contributed by atoms with Gasteiger partial charge in [0.15, 0.2) is 10.8 Å². The second kappa shape index (κ2) is 13.3. The summed E-state index contributed by atoms with van der Waals surface area (Å²) in [6.07, 6.45) is 1.13. The van der Waals surface area contributed by atoms with E-state index >= 15 is 0 Å². The molecule has 8 nitrogen and oxygen atoms in total. The summed E-state index contributed by atoms with van der Waals surface area (Å²) in [6.45, 7) is 1.46. The number of esters is 1. The van der Waals surface area contributed by atoms with E-state index < -0.39 is 36.9 Å². The lowest BCUT2D eigenvalue weighted by molar-refractivity contribution is -0.139. The highest BCUT2D eigenvalue weighted by Crippen LogP contribution is 2.35. The van der Waals surface area contributed by atoms with E-state index in [2.05, 4.69) is 15.3 Å². The Hall–Kier alpha value is -2.60. The molecule has 1 saturated heterocycles. The standard InChI is InChI=1S/C18H22F2N4O4S.C6H4Cl2/c1-2-28-17(27)12-8-22-15(16-21-5-6-29-16)23-13(12)9-24-10-18(19,20)7-11(24)3-4-14(25)26;7-5-2-1-3-6(8)4-5/h5-6,11H,2-4,7-10H2,1H3,(H,22,23)(H,25,26);1-4H. The Morgan fingerprint density at radius 1 is 1.32 bits per heavy atom. The van der Waals surface area contributed by atoms with Gasteiger partial charge in [-0.05, 0) is 31.5 Å². The molecule has 4 rings (SSSR count). The summed E-state index contributed by atoms with van der Waals surface area (Å²) in [4.78, 5) is 33.3. The molecule has 2 aliphatic heterocycles. The van der Waals surface area contributed by atoms with E-state index in [0.29, 0.717) is 26.6 Å². The van der Waals surface area contributed by atoms with Crippen molar-refractivity contribution in [1.29, 1.82) is 0 Å². The Morgan fingerprint density at radius 2 is 2.05 bits per heavy atom. The number of aliphatic carboxylic acids is 1. The first-order valence-corrected chi connectivity index (χ1v) is 13.1. The van der Waals surface area contributed by atoms with Crippen molar-refractivity contribution in [3.8, 4) is 0 Å². The molecule has 1 aromatic heterocycles. The number of nitrogens with zero attached hydrogens (tertiary/aromatic N) is 3. The van der Waals surface area contributed by atoms with Crippen molar-refractivity contribution in [1.82, 2.24) is 15.2 Å². The Bertz CT molecular complexity index is 1140. The molecular weight excluding hydrogens is 549 g/mol. The molecule has 0 aliphatic carbocycles. The molecule has 0 amide bonds. The average molecular weight is 575 g/mol. The number of amidine groups is 1. The molecule has 1 unspecified atom stereocenters. The summed E-state index contributed by atoms with van der Waals surface area (Å²) >= 11 is 12.5. The van der Waals surface area contributed by atoms with Crippen LogP contribution < -0.4 is 5.32 Å². The van der Waals surface area contributed by atoms with Crippen LogP contribution in [0.3, 0.4) is 0 Å². The maximum Gasteiger partial charge on any atom is 0.337 e. The Morgan fingerprint density at radius 3 is 2.62 bits per heavy atom. The van der Waals surface area contributed by atoms with Gasteiger partial charge in [-0.3, -0.25) is 14.7 Å². The van der Waals surface area contributed by atoms with Gasteiger partial charge in [-0.25, -0.2) is 18.6 Å². The largest absolute Gasteiger partial charge is 0.481 e. The Kier molecular flexibility index (Phi) is 10.4. The lowest BCUT2D eigenvalue weighted by atomic mass is 10.1. The molecule has 13 heteroatoms. The van der Waals surface area contributed by atoms with Gasteiger partial charge in [0, 0.05) is 52.7 Å². The predicted octanol–water partition coefficient (Wildman–Crippen LogP) is 4.88. The van der Waals surface area contributed by atoms with Gasteiger partial charge in [0.1, 0.15) is 0 Å². The number of carboxylic acid groups (broad SMARTS) is 1. The number of carboxylic acids is 1. The fourth-order valence-corrected chi connectivity index (χ4v) is 4.94. The second-order valence-corrected chi connectivity index (χ2v) is 10.1. The zero-order chi connectivity index (χ0) is 27.0. The first-order chi connectivity index (χ1) is 17.6. The minimum atomic E-state index is -2.91. The molecule has 200 valence electrons. The number of aromatic nitrogens is 1. The molecule has 2 aromatic rings. The quantitative estimate of drug-likeness (QED) is 0.433. The number of ether oxygens (including phenoxy) is 1. The van der Waals surface area contributed by atoms with Crippen LogP contribution in [0.5, 0.6) is 0 Å². The number of likely N-dealkylation sites (tertiary alicyclic amines) is 1. The number of nitrogens with one attached hydrogen (secondary N) is 1. The van der Waals surface area contributed by atoms with Gasteiger partial charge < -0.3 is 15.2 Å². The minimum Gasteiger partial charge on any atom is -0.481 e. The number of hydrogen-bond acceptors (Lipinski definition) is 8. The molecule has 1 atom stereocenters. The lowest BCUT2D eigenvalue weighted by Crippen LogP contribution is -2.41. The van der Waals surface area contributed by atoms with Crippen molar-refractivity contribution in [2.75, 3.05) is 26.2 Å². The predicted molar refractivity (Wildman–Crippen MR) is 139 cm³/mol. The summed E-state index contributed by atoms with van der Waals surface area (Å²) in [7, 11) is 0. The number of carbonyl (C=O) groups is 2.